The lowest BCUT2D eigenvalue weighted by molar-refractivity contribution is 0.0927. The number of imidazole rings is 1. The zero-order valence-electron chi connectivity index (χ0n) is 15.8. The molecule has 2 fully saturated rings. The number of halogens is 1. The number of fused-ring (bicyclic) bond motifs is 2. The molecular formula is C22H23ClN4O. The highest BCUT2D eigenvalue weighted by atomic mass is 35.5. The lowest BCUT2D eigenvalue weighted by atomic mass is 9.99. The molecule has 1 N–H and O–H groups in total. The first-order chi connectivity index (χ1) is 13.7. The summed E-state index contributed by atoms with van der Waals surface area (Å²) in [5, 5.41) is 3.91. The van der Waals surface area contributed by atoms with Gasteiger partial charge < -0.3 is 9.88 Å². The summed E-state index contributed by atoms with van der Waals surface area (Å²) in [6.07, 6.45) is 6.99. The molecule has 144 valence electrons. The number of hydrogen-bond acceptors (Lipinski definition) is 3. The number of nitrogens with one attached hydrogen (secondary N) is 1. The van der Waals surface area contributed by atoms with Crippen LogP contribution in [0.15, 0.2) is 48.9 Å². The van der Waals surface area contributed by atoms with Crippen LogP contribution in [0.25, 0.3) is 11.2 Å². The SMILES string of the molecule is CCC(NC(=O)c1ccc(Cl)cc1)C1[C@H]2CC(n3cnc4ncccc43)C[C@@H]12. The lowest BCUT2D eigenvalue weighted by Crippen LogP contribution is -2.37. The molecule has 2 aromatic heterocycles. The number of benzene rings is 1. The van der Waals surface area contributed by atoms with E-state index in [-0.39, 0.29) is 11.9 Å². The Morgan fingerprint density at radius 1 is 1.21 bits per heavy atom. The highest BCUT2D eigenvalue weighted by Gasteiger charge is 2.59. The quantitative estimate of drug-likeness (QED) is 0.693. The maximum Gasteiger partial charge on any atom is 0.251 e. The van der Waals surface area contributed by atoms with E-state index in [0.717, 1.165) is 30.4 Å². The second-order valence-corrected chi connectivity index (χ2v) is 8.46. The Kier molecular flexibility index (Phi) is 4.35. The van der Waals surface area contributed by atoms with Crippen molar-refractivity contribution >= 4 is 28.7 Å². The molecule has 28 heavy (non-hydrogen) atoms. The number of carbonyl (C=O) groups is 1. The van der Waals surface area contributed by atoms with E-state index in [0.29, 0.717) is 34.4 Å². The number of hydrogen-bond donors (Lipinski definition) is 1. The van der Waals surface area contributed by atoms with Crippen molar-refractivity contribution in [3.8, 4) is 0 Å². The third-order valence-electron chi connectivity index (χ3n) is 6.56. The first kappa shape index (κ1) is 17.7. The highest BCUT2D eigenvalue weighted by molar-refractivity contribution is 6.30. The predicted molar refractivity (Wildman–Crippen MR) is 109 cm³/mol. The molecule has 0 saturated heterocycles. The molecule has 5 rings (SSSR count). The molecular weight excluding hydrogens is 372 g/mol. The summed E-state index contributed by atoms with van der Waals surface area (Å²) in [4.78, 5) is 21.4. The van der Waals surface area contributed by atoms with Crippen molar-refractivity contribution in [2.45, 2.75) is 38.3 Å². The standard InChI is InChI=1S/C22H23ClN4O/c1-2-18(26-22(28)13-5-7-14(23)8-6-13)20-16-10-15(11-17(16)20)27-12-25-21-19(27)4-3-9-24-21/h3-9,12,15-18,20H,2,10-11H2,1H3,(H,26,28)/t15?,16-,17+,18?,20?. The minimum absolute atomic E-state index is 0.00304. The Bertz CT molecular complexity index is 1000. The van der Waals surface area contributed by atoms with E-state index in [1.54, 1.807) is 30.5 Å². The van der Waals surface area contributed by atoms with Gasteiger partial charge in [-0.2, -0.15) is 0 Å². The fourth-order valence-corrected chi connectivity index (χ4v) is 5.30. The second-order valence-electron chi connectivity index (χ2n) is 8.02. The molecule has 6 heteroatoms. The predicted octanol–water partition coefficient (Wildman–Crippen LogP) is 4.49. The van der Waals surface area contributed by atoms with Crippen LogP contribution in [0, 0.1) is 17.8 Å². The monoisotopic (exact) mass is 394 g/mol. The second kappa shape index (κ2) is 6.89. The van der Waals surface area contributed by atoms with Gasteiger partial charge in [-0.3, -0.25) is 4.79 Å². The van der Waals surface area contributed by atoms with E-state index in [2.05, 4.69) is 32.8 Å². The first-order valence-corrected chi connectivity index (χ1v) is 10.4. The van der Waals surface area contributed by atoms with Gasteiger partial charge in [0.25, 0.3) is 5.91 Å². The first-order valence-electron chi connectivity index (χ1n) is 9.99. The molecule has 3 unspecified atom stereocenters. The summed E-state index contributed by atoms with van der Waals surface area (Å²) in [5.74, 6) is 1.96. The van der Waals surface area contributed by atoms with Gasteiger partial charge in [0.15, 0.2) is 5.65 Å². The fourth-order valence-electron chi connectivity index (χ4n) is 5.17. The van der Waals surface area contributed by atoms with E-state index in [4.69, 9.17) is 11.6 Å². The fraction of sp³-hybridized carbons (Fsp3) is 0.409. The minimum Gasteiger partial charge on any atom is -0.349 e. The molecule has 5 atom stereocenters. The van der Waals surface area contributed by atoms with Crippen molar-refractivity contribution in [2.24, 2.45) is 17.8 Å². The summed E-state index contributed by atoms with van der Waals surface area (Å²) in [6.45, 7) is 2.16. The molecule has 0 bridgehead atoms. The third-order valence-corrected chi connectivity index (χ3v) is 6.81. The van der Waals surface area contributed by atoms with E-state index in [9.17, 15) is 4.79 Å². The summed E-state index contributed by atoms with van der Waals surface area (Å²) in [7, 11) is 0. The third kappa shape index (κ3) is 2.98. The molecule has 2 saturated carbocycles. The van der Waals surface area contributed by atoms with Crippen molar-refractivity contribution in [3.05, 3.63) is 59.5 Å². The van der Waals surface area contributed by atoms with E-state index < -0.39 is 0 Å². The Hall–Kier alpha value is -2.40. The largest absolute Gasteiger partial charge is 0.349 e. The number of amides is 1. The average Bonchev–Trinajstić information content (AvgIpc) is 3.07. The number of carbonyl (C=O) groups excluding carboxylic acids is 1. The molecule has 2 aliphatic rings. The van der Waals surface area contributed by atoms with Gasteiger partial charge in [0.2, 0.25) is 0 Å². The van der Waals surface area contributed by atoms with Crippen LogP contribution in [0.4, 0.5) is 0 Å². The normalized spacial score (nSPS) is 26.8. The van der Waals surface area contributed by atoms with Crippen LogP contribution >= 0.6 is 11.6 Å². The summed E-state index contributed by atoms with van der Waals surface area (Å²) >= 11 is 5.92. The molecule has 5 nitrogen and oxygen atoms in total. The van der Waals surface area contributed by atoms with E-state index >= 15 is 0 Å². The van der Waals surface area contributed by atoms with Crippen LogP contribution in [0.5, 0.6) is 0 Å². The Morgan fingerprint density at radius 2 is 1.96 bits per heavy atom. The van der Waals surface area contributed by atoms with Crippen LogP contribution in [-0.4, -0.2) is 26.5 Å². The highest BCUT2D eigenvalue weighted by Crippen LogP contribution is 2.62. The molecule has 2 heterocycles. The number of rotatable bonds is 5. The van der Waals surface area contributed by atoms with Crippen molar-refractivity contribution in [3.63, 3.8) is 0 Å². The number of pyridine rings is 1. The molecule has 1 amide bonds. The zero-order chi connectivity index (χ0) is 19.3. The summed E-state index contributed by atoms with van der Waals surface area (Å²) in [6, 6.07) is 11.9. The van der Waals surface area contributed by atoms with E-state index in [1.807, 2.05) is 12.4 Å². The van der Waals surface area contributed by atoms with Crippen LogP contribution in [0.1, 0.15) is 42.6 Å². The molecule has 0 aliphatic heterocycles. The summed E-state index contributed by atoms with van der Waals surface area (Å²) < 4.78 is 2.29. The number of nitrogens with zero attached hydrogens (tertiary/aromatic N) is 3. The molecule has 3 aromatic rings. The van der Waals surface area contributed by atoms with Crippen LogP contribution in [0.3, 0.4) is 0 Å². The molecule has 0 spiro atoms. The van der Waals surface area contributed by atoms with Gasteiger partial charge >= 0.3 is 0 Å². The smallest absolute Gasteiger partial charge is 0.251 e. The van der Waals surface area contributed by atoms with Gasteiger partial charge in [-0.1, -0.05) is 18.5 Å². The number of aromatic nitrogens is 3. The van der Waals surface area contributed by atoms with E-state index in [1.165, 1.54) is 0 Å². The Labute approximate surface area is 169 Å². The molecule has 2 aliphatic carbocycles. The zero-order valence-corrected chi connectivity index (χ0v) is 16.5. The van der Waals surface area contributed by atoms with Crippen molar-refractivity contribution in [2.75, 3.05) is 0 Å². The maximum atomic E-state index is 12.6. The molecule has 0 radical (unpaired) electrons. The van der Waals surface area contributed by atoms with Crippen LogP contribution < -0.4 is 5.32 Å². The molecule has 1 aromatic carbocycles. The van der Waals surface area contributed by atoms with Gasteiger partial charge in [0.05, 0.1) is 11.8 Å². The van der Waals surface area contributed by atoms with Crippen LogP contribution in [0.2, 0.25) is 5.02 Å². The maximum absolute atomic E-state index is 12.6. The van der Waals surface area contributed by atoms with Gasteiger partial charge in [0.1, 0.15) is 0 Å². The summed E-state index contributed by atoms with van der Waals surface area (Å²) in [5.41, 5.74) is 2.61. The van der Waals surface area contributed by atoms with Gasteiger partial charge in [-0.05, 0) is 73.4 Å². The van der Waals surface area contributed by atoms with Crippen molar-refractivity contribution in [1.82, 2.24) is 19.9 Å². The van der Waals surface area contributed by atoms with Crippen LogP contribution in [-0.2, 0) is 0 Å². The lowest BCUT2D eigenvalue weighted by Gasteiger charge is -2.22. The van der Waals surface area contributed by atoms with Crippen molar-refractivity contribution < 1.29 is 4.79 Å². The van der Waals surface area contributed by atoms with Gasteiger partial charge in [0, 0.05) is 28.9 Å². The topological polar surface area (TPSA) is 59.8 Å². The average molecular weight is 395 g/mol. The van der Waals surface area contributed by atoms with Gasteiger partial charge in [-0.25, -0.2) is 9.97 Å². The Balaban J connectivity index is 1.24. The Morgan fingerprint density at radius 3 is 2.68 bits per heavy atom. The van der Waals surface area contributed by atoms with Gasteiger partial charge in [-0.15, -0.1) is 0 Å². The minimum atomic E-state index is -0.00304. The van der Waals surface area contributed by atoms with Crippen molar-refractivity contribution in [1.29, 1.82) is 0 Å².